The van der Waals surface area contributed by atoms with E-state index in [4.69, 9.17) is 4.74 Å². The highest BCUT2D eigenvalue weighted by molar-refractivity contribution is 5.81. The van der Waals surface area contributed by atoms with Gasteiger partial charge in [-0.15, -0.1) is 0 Å². The summed E-state index contributed by atoms with van der Waals surface area (Å²) in [7, 11) is 0. The van der Waals surface area contributed by atoms with E-state index in [0.29, 0.717) is 6.61 Å². The number of benzene rings is 2. The molecule has 0 fully saturated rings. The largest absolute Gasteiger partial charge is 1.00 e. The Kier molecular flexibility index (Phi) is 12.6. The van der Waals surface area contributed by atoms with Crippen molar-refractivity contribution in [3.63, 3.8) is 0 Å². The van der Waals surface area contributed by atoms with Crippen LogP contribution in [0.15, 0.2) is 73.3 Å². The van der Waals surface area contributed by atoms with Crippen LogP contribution in [-0.4, -0.2) is 30.1 Å². The molecular weight excluding hydrogens is 473 g/mol. The lowest BCUT2D eigenvalue weighted by atomic mass is 10.1. The lowest BCUT2D eigenvalue weighted by Gasteiger charge is -2.38. The van der Waals surface area contributed by atoms with Crippen LogP contribution < -0.4 is 24.0 Å². The third-order valence-corrected chi connectivity index (χ3v) is 5.33. The summed E-state index contributed by atoms with van der Waals surface area (Å²) in [6, 6.07) is 21.6. The van der Waals surface area contributed by atoms with E-state index in [9.17, 15) is 4.79 Å². The van der Waals surface area contributed by atoms with Crippen molar-refractivity contribution in [2.75, 3.05) is 19.7 Å². The number of hydrogen-bond donors (Lipinski definition) is 0. The normalized spacial score (nSPS) is 10.8. The Bertz CT molecular complexity index is 662. The van der Waals surface area contributed by atoms with Gasteiger partial charge in [-0.1, -0.05) is 67.2 Å². The van der Waals surface area contributed by atoms with Crippen molar-refractivity contribution >= 4 is 5.97 Å². The van der Waals surface area contributed by atoms with E-state index in [-0.39, 0.29) is 29.9 Å². The first-order chi connectivity index (χ1) is 13.7. The highest BCUT2D eigenvalue weighted by atomic mass is 127. The van der Waals surface area contributed by atoms with Crippen LogP contribution in [0.5, 0.6) is 0 Å². The molecule has 0 aliphatic heterocycles. The Morgan fingerprint density at radius 3 is 1.90 bits per heavy atom. The number of rotatable bonds is 13. The molecule has 0 aliphatic rings. The zero-order valence-corrected chi connectivity index (χ0v) is 19.7. The molecule has 0 atom stereocenters. The van der Waals surface area contributed by atoms with E-state index in [1.54, 1.807) is 0 Å². The summed E-state index contributed by atoms with van der Waals surface area (Å²) >= 11 is 0. The molecule has 0 saturated carbocycles. The molecular formula is C25H34INO2. The minimum atomic E-state index is -0.326. The summed E-state index contributed by atoms with van der Waals surface area (Å²) in [5, 5.41) is 0. The Morgan fingerprint density at radius 1 is 0.897 bits per heavy atom. The monoisotopic (exact) mass is 507 g/mol. The molecule has 2 aromatic rings. The summed E-state index contributed by atoms with van der Waals surface area (Å²) in [6.07, 6.45) is 5.58. The first kappa shape index (κ1) is 25.4. The van der Waals surface area contributed by atoms with Gasteiger partial charge in [0.2, 0.25) is 0 Å². The smallest absolute Gasteiger partial charge is 0.330 e. The fourth-order valence-corrected chi connectivity index (χ4v) is 3.67. The van der Waals surface area contributed by atoms with Gasteiger partial charge in [0.25, 0.3) is 0 Å². The van der Waals surface area contributed by atoms with E-state index in [0.717, 1.165) is 49.9 Å². The maximum Gasteiger partial charge on any atom is 0.330 e. The molecule has 0 bridgehead atoms. The van der Waals surface area contributed by atoms with Gasteiger partial charge in [-0.25, -0.2) is 4.79 Å². The number of carbonyl (C=O) groups is 1. The van der Waals surface area contributed by atoms with E-state index < -0.39 is 0 Å². The van der Waals surface area contributed by atoms with Crippen molar-refractivity contribution in [3.8, 4) is 0 Å². The summed E-state index contributed by atoms with van der Waals surface area (Å²) in [4.78, 5) is 11.1. The quantitative estimate of drug-likeness (QED) is 0.137. The van der Waals surface area contributed by atoms with Crippen molar-refractivity contribution < 1.29 is 38.0 Å². The molecule has 158 valence electrons. The van der Waals surface area contributed by atoms with Gasteiger partial charge >= 0.3 is 5.97 Å². The predicted molar refractivity (Wildman–Crippen MR) is 116 cm³/mol. The summed E-state index contributed by atoms with van der Waals surface area (Å²) in [5.41, 5.74) is 2.80. The lowest BCUT2D eigenvalue weighted by Crippen LogP contribution is -3.00. The SMILES string of the molecule is C=CC(=O)OCCCCCC[N+](CC)(Cc1ccccc1)Cc1ccccc1.[I-]. The van der Waals surface area contributed by atoms with Crippen LogP contribution in [0, 0.1) is 0 Å². The topological polar surface area (TPSA) is 26.3 Å². The average Bonchev–Trinajstić information content (AvgIpc) is 2.74. The number of nitrogens with zero attached hydrogens (tertiary/aromatic N) is 1. The minimum Gasteiger partial charge on any atom is -1.00 e. The van der Waals surface area contributed by atoms with Crippen molar-refractivity contribution in [1.82, 2.24) is 0 Å². The van der Waals surface area contributed by atoms with Crippen LogP contribution in [-0.2, 0) is 22.6 Å². The standard InChI is InChI=1S/C25H34NO2.HI/c1-3-25(27)28-20-14-6-5-13-19-26(4-2,21-23-15-9-7-10-16-23)22-24-17-11-8-12-18-24;/h3,7-12,15-18H,1,4-6,13-14,19-22H2,2H3;1H/q+1;/p-1. The van der Waals surface area contributed by atoms with Crippen LogP contribution in [0.2, 0.25) is 0 Å². The molecule has 0 spiro atoms. The van der Waals surface area contributed by atoms with Gasteiger partial charge in [-0.3, -0.25) is 0 Å². The molecule has 2 aromatic carbocycles. The Morgan fingerprint density at radius 2 is 1.41 bits per heavy atom. The third-order valence-electron chi connectivity index (χ3n) is 5.33. The zero-order chi connectivity index (χ0) is 20.1. The molecule has 0 saturated heterocycles. The maximum absolute atomic E-state index is 11.1. The zero-order valence-electron chi connectivity index (χ0n) is 17.6. The van der Waals surface area contributed by atoms with Crippen LogP contribution in [0.1, 0.15) is 43.7 Å². The van der Waals surface area contributed by atoms with Gasteiger partial charge in [-0.05, 0) is 32.6 Å². The molecule has 0 N–H and O–H groups in total. The Balaban J connectivity index is 0.00000420. The second-order valence-electron chi connectivity index (χ2n) is 7.45. The number of esters is 1. The number of carbonyl (C=O) groups excluding carboxylic acids is 1. The van der Waals surface area contributed by atoms with Gasteiger partial charge in [0.1, 0.15) is 13.1 Å². The molecule has 0 amide bonds. The summed E-state index contributed by atoms with van der Waals surface area (Å²) < 4.78 is 6.13. The fourth-order valence-electron chi connectivity index (χ4n) is 3.67. The molecule has 0 aromatic heterocycles. The minimum absolute atomic E-state index is 0. The van der Waals surface area contributed by atoms with Crippen LogP contribution in [0.25, 0.3) is 0 Å². The van der Waals surface area contributed by atoms with Gasteiger partial charge in [0.15, 0.2) is 0 Å². The van der Waals surface area contributed by atoms with Crippen molar-refractivity contribution in [3.05, 3.63) is 84.4 Å². The van der Waals surface area contributed by atoms with Crippen LogP contribution in [0.3, 0.4) is 0 Å². The Labute approximate surface area is 193 Å². The van der Waals surface area contributed by atoms with E-state index in [2.05, 4.69) is 74.2 Å². The number of quaternary nitrogens is 1. The Hall–Kier alpha value is -1.66. The summed E-state index contributed by atoms with van der Waals surface area (Å²) in [6.45, 7) is 10.6. The second kappa shape index (κ2) is 14.3. The van der Waals surface area contributed by atoms with Crippen LogP contribution >= 0.6 is 0 Å². The number of ether oxygens (including phenoxy) is 1. The summed E-state index contributed by atoms with van der Waals surface area (Å²) in [5.74, 6) is -0.326. The molecule has 0 radical (unpaired) electrons. The number of halogens is 1. The number of hydrogen-bond acceptors (Lipinski definition) is 2. The average molecular weight is 507 g/mol. The molecule has 3 nitrogen and oxygen atoms in total. The molecule has 0 heterocycles. The van der Waals surface area contributed by atoms with Gasteiger partial charge in [-0.2, -0.15) is 0 Å². The van der Waals surface area contributed by atoms with Gasteiger partial charge in [0, 0.05) is 17.2 Å². The highest BCUT2D eigenvalue weighted by Gasteiger charge is 2.25. The van der Waals surface area contributed by atoms with Crippen molar-refractivity contribution in [2.45, 2.75) is 45.7 Å². The maximum atomic E-state index is 11.1. The van der Waals surface area contributed by atoms with Gasteiger partial charge < -0.3 is 33.2 Å². The molecule has 29 heavy (non-hydrogen) atoms. The second-order valence-corrected chi connectivity index (χ2v) is 7.45. The fraction of sp³-hybridized carbons (Fsp3) is 0.400. The van der Waals surface area contributed by atoms with Gasteiger partial charge in [0.05, 0.1) is 19.7 Å². The van der Waals surface area contributed by atoms with E-state index in [1.807, 2.05) is 0 Å². The highest BCUT2D eigenvalue weighted by Crippen LogP contribution is 2.21. The van der Waals surface area contributed by atoms with Crippen LogP contribution in [0.4, 0.5) is 0 Å². The van der Waals surface area contributed by atoms with Crippen molar-refractivity contribution in [1.29, 1.82) is 0 Å². The molecule has 2 rings (SSSR count). The third kappa shape index (κ3) is 9.59. The lowest BCUT2D eigenvalue weighted by molar-refractivity contribution is -0.952. The first-order valence-corrected chi connectivity index (χ1v) is 10.4. The van der Waals surface area contributed by atoms with E-state index in [1.165, 1.54) is 23.6 Å². The molecule has 4 heteroatoms. The molecule has 0 unspecified atom stereocenters. The first-order valence-electron chi connectivity index (χ1n) is 10.4. The van der Waals surface area contributed by atoms with E-state index >= 15 is 0 Å². The van der Waals surface area contributed by atoms with Crippen molar-refractivity contribution in [2.24, 2.45) is 0 Å². The number of unbranched alkanes of at least 4 members (excludes halogenated alkanes) is 3. The predicted octanol–water partition coefficient (Wildman–Crippen LogP) is 2.52. The molecule has 0 aliphatic carbocycles.